The molecule has 34 heavy (non-hydrogen) atoms. The van der Waals surface area contributed by atoms with Crippen LogP contribution in [0.3, 0.4) is 0 Å². The molecular weight excluding hydrogens is 450 g/mol. The van der Waals surface area contributed by atoms with Gasteiger partial charge in [-0.3, -0.25) is 4.79 Å². The molecule has 0 spiro atoms. The van der Waals surface area contributed by atoms with Crippen molar-refractivity contribution in [2.75, 3.05) is 14.2 Å². The third-order valence-corrected chi connectivity index (χ3v) is 6.03. The quantitative estimate of drug-likeness (QED) is 0.299. The van der Waals surface area contributed by atoms with Gasteiger partial charge < -0.3 is 19.2 Å². The van der Waals surface area contributed by atoms with E-state index in [0.717, 1.165) is 50.1 Å². The van der Waals surface area contributed by atoms with Crippen molar-refractivity contribution in [3.05, 3.63) is 88.6 Å². The van der Waals surface area contributed by atoms with Gasteiger partial charge in [-0.15, -0.1) is 0 Å². The lowest BCUT2D eigenvalue weighted by Gasteiger charge is -2.13. The van der Waals surface area contributed by atoms with Crippen LogP contribution in [0.25, 0.3) is 27.7 Å². The summed E-state index contributed by atoms with van der Waals surface area (Å²) >= 11 is 5.93. The predicted octanol–water partition coefficient (Wildman–Crippen LogP) is 6.80. The first kappa shape index (κ1) is 23.5. The summed E-state index contributed by atoms with van der Waals surface area (Å²) in [6.45, 7) is 4.27. The molecule has 0 unspecified atom stereocenters. The number of ether oxygens (including phenoxy) is 2. The van der Waals surface area contributed by atoms with E-state index in [2.05, 4.69) is 5.32 Å². The lowest BCUT2D eigenvalue weighted by molar-refractivity contribution is -0.116. The van der Waals surface area contributed by atoms with Gasteiger partial charge in [0.2, 0.25) is 5.91 Å². The van der Waals surface area contributed by atoms with E-state index in [1.807, 2.05) is 56.3 Å². The maximum Gasteiger partial charge on any atom is 0.244 e. The van der Waals surface area contributed by atoms with Gasteiger partial charge in [-0.25, -0.2) is 0 Å². The summed E-state index contributed by atoms with van der Waals surface area (Å²) in [6, 6.07) is 17.2. The number of methoxy groups -OCH3 is 2. The number of allylic oxidation sites excluding steroid dienone is 1. The molecule has 0 aliphatic heterocycles. The molecule has 0 fully saturated rings. The van der Waals surface area contributed by atoms with Gasteiger partial charge in [-0.05, 0) is 60.9 Å². The molecule has 1 aromatic heterocycles. The summed E-state index contributed by atoms with van der Waals surface area (Å²) < 4.78 is 17.0. The van der Waals surface area contributed by atoms with Gasteiger partial charge in [0, 0.05) is 39.7 Å². The molecule has 3 aromatic carbocycles. The van der Waals surface area contributed by atoms with Crippen molar-refractivity contribution < 1.29 is 18.7 Å². The van der Waals surface area contributed by atoms with Crippen LogP contribution in [0.4, 0.5) is 0 Å². The summed E-state index contributed by atoms with van der Waals surface area (Å²) in [5.74, 6) is 1.26. The van der Waals surface area contributed by atoms with Gasteiger partial charge in [0.15, 0.2) is 0 Å². The van der Waals surface area contributed by atoms with Gasteiger partial charge in [0.25, 0.3) is 0 Å². The molecule has 174 valence electrons. The molecular formula is C28H26ClNO4. The highest BCUT2D eigenvalue weighted by Gasteiger charge is 2.19. The standard InChI is InChI=1S/C28H26ClNO4/c1-17(12-26(31)30-15-19-8-10-21(29)11-9-19)23-14-24-25(20-6-5-7-22(13-20)32-3)16-34-28(24)18(2)27(23)33-4/h5-14,16H,15H2,1-4H3,(H,30,31)/b17-12+. The summed E-state index contributed by atoms with van der Waals surface area (Å²) in [4.78, 5) is 12.6. The van der Waals surface area contributed by atoms with Crippen LogP contribution in [-0.4, -0.2) is 20.1 Å². The maximum absolute atomic E-state index is 12.6. The molecule has 6 heteroatoms. The minimum absolute atomic E-state index is 0.188. The number of benzene rings is 3. The van der Waals surface area contributed by atoms with Gasteiger partial charge in [-0.2, -0.15) is 0 Å². The molecule has 1 N–H and O–H groups in total. The highest BCUT2D eigenvalue weighted by molar-refractivity contribution is 6.30. The molecule has 0 radical (unpaired) electrons. The fourth-order valence-corrected chi connectivity index (χ4v) is 4.13. The second-order valence-corrected chi connectivity index (χ2v) is 8.45. The zero-order chi connectivity index (χ0) is 24.2. The highest BCUT2D eigenvalue weighted by Crippen LogP contribution is 2.41. The number of carbonyl (C=O) groups is 1. The van der Waals surface area contributed by atoms with E-state index in [1.165, 1.54) is 0 Å². The lowest BCUT2D eigenvalue weighted by Crippen LogP contribution is -2.20. The van der Waals surface area contributed by atoms with E-state index < -0.39 is 0 Å². The Labute approximate surface area is 203 Å². The molecule has 0 saturated heterocycles. The van der Waals surface area contributed by atoms with Crippen LogP contribution in [0, 0.1) is 6.92 Å². The molecule has 0 atom stereocenters. The Morgan fingerprint density at radius 1 is 1.09 bits per heavy atom. The second kappa shape index (κ2) is 10.1. The Morgan fingerprint density at radius 3 is 2.56 bits per heavy atom. The first-order chi connectivity index (χ1) is 16.4. The minimum atomic E-state index is -0.188. The fourth-order valence-electron chi connectivity index (χ4n) is 4.00. The number of carbonyl (C=O) groups excluding carboxylic acids is 1. The van der Waals surface area contributed by atoms with Crippen molar-refractivity contribution in [2.24, 2.45) is 0 Å². The average molecular weight is 476 g/mol. The Morgan fingerprint density at radius 2 is 1.85 bits per heavy atom. The Bertz CT molecular complexity index is 1370. The number of amides is 1. The van der Waals surface area contributed by atoms with Crippen LogP contribution >= 0.6 is 11.6 Å². The van der Waals surface area contributed by atoms with E-state index in [9.17, 15) is 4.79 Å². The van der Waals surface area contributed by atoms with Gasteiger partial charge in [0.05, 0.1) is 20.5 Å². The number of hydrogen-bond donors (Lipinski definition) is 1. The SMILES string of the molecule is COc1cccc(-c2coc3c(C)c(OC)c(/C(C)=C/C(=O)NCc4ccc(Cl)cc4)cc23)c1. The van der Waals surface area contributed by atoms with E-state index in [4.69, 9.17) is 25.5 Å². The van der Waals surface area contributed by atoms with Crippen LogP contribution in [-0.2, 0) is 11.3 Å². The Balaban J connectivity index is 1.68. The summed E-state index contributed by atoms with van der Waals surface area (Å²) in [5.41, 5.74) is 6.14. The second-order valence-electron chi connectivity index (χ2n) is 8.01. The monoisotopic (exact) mass is 475 g/mol. The average Bonchev–Trinajstić information content (AvgIpc) is 3.28. The van der Waals surface area contributed by atoms with Crippen molar-refractivity contribution in [3.8, 4) is 22.6 Å². The zero-order valence-corrected chi connectivity index (χ0v) is 20.3. The van der Waals surface area contributed by atoms with Crippen molar-refractivity contribution in [3.63, 3.8) is 0 Å². The fraction of sp³-hybridized carbons (Fsp3) is 0.179. The van der Waals surface area contributed by atoms with Crippen LogP contribution in [0.2, 0.25) is 5.02 Å². The molecule has 0 aliphatic rings. The minimum Gasteiger partial charge on any atom is -0.497 e. The smallest absolute Gasteiger partial charge is 0.244 e. The summed E-state index contributed by atoms with van der Waals surface area (Å²) in [6.07, 6.45) is 3.33. The molecule has 0 saturated carbocycles. The third kappa shape index (κ3) is 4.80. The number of furan rings is 1. The normalized spacial score (nSPS) is 11.5. The molecule has 1 amide bonds. The van der Waals surface area contributed by atoms with Gasteiger partial charge in [-0.1, -0.05) is 35.9 Å². The zero-order valence-electron chi connectivity index (χ0n) is 19.6. The largest absolute Gasteiger partial charge is 0.497 e. The van der Waals surface area contributed by atoms with Crippen molar-refractivity contribution in [2.45, 2.75) is 20.4 Å². The topological polar surface area (TPSA) is 60.7 Å². The molecule has 5 nitrogen and oxygen atoms in total. The first-order valence-corrected chi connectivity index (χ1v) is 11.2. The predicted molar refractivity (Wildman–Crippen MR) is 136 cm³/mol. The van der Waals surface area contributed by atoms with E-state index in [-0.39, 0.29) is 5.91 Å². The number of aryl methyl sites for hydroxylation is 1. The number of rotatable bonds is 7. The Hall–Kier alpha value is -3.70. The van der Waals surface area contributed by atoms with Crippen LogP contribution in [0.15, 0.2) is 71.4 Å². The van der Waals surface area contributed by atoms with Crippen LogP contribution in [0.5, 0.6) is 11.5 Å². The Kier molecular flexibility index (Phi) is 6.94. The van der Waals surface area contributed by atoms with Crippen molar-refractivity contribution >= 4 is 34.1 Å². The molecule has 4 aromatic rings. The molecule has 0 bridgehead atoms. The van der Waals surface area contributed by atoms with Gasteiger partial charge in [0.1, 0.15) is 17.1 Å². The molecule has 1 heterocycles. The number of fused-ring (bicyclic) bond motifs is 1. The van der Waals surface area contributed by atoms with Gasteiger partial charge >= 0.3 is 0 Å². The molecule has 4 rings (SSSR count). The van der Waals surface area contributed by atoms with Crippen molar-refractivity contribution in [1.29, 1.82) is 0 Å². The lowest BCUT2D eigenvalue weighted by atomic mass is 9.96. The van der Waals surface area contributed by atoms with E-state index in [1.54, 1.807) is 38.7 Å². The van der Waals surface area contributed by atoms with Crippen LogP contribution < -0.4 is 14.8 Å². The van der Waals surface area contributed by atoms with E-state index >= 15 is 0 Å². The number of halogens is 1. The number of nitrogens with one attached hydrogen (secondary N) is 1. The maximum atomic E-state index is 12.6. The third-order valence-electron chi connectivity index (χ3n) is 5.78. The van der Waals surface area contributed by atoms with Crippen LogP contribution in [0.1, 0.15) is 23.6 Å². The number of hydrogen-bond acceptors (Lipinski definition) is 4. The first-order valence-electron chi connectivity index (χ1n) is 10.9. The van der Waals surface area contributed by atoms with E-state index in [0.29, 0.717) is 17.3 Å². The van der Waals surface area contributed by atoms with Crippen molar-refractivity contribution in [1.82, 2.24) is 5.32 Å². The highest BCUT2D eigenvalue weighted by atomic mass is 35.5. The molecule has 0 aliphatic carbocycles. The summed E-state index contributed by atoms with van der Waals surface area (Å²) in [5, 5.41) is 4.53. The summed E-state index contributed by atoms with van der Waals surface area (Å²) in [7, 11) is 3.27.